The normalized spacial score (nSPS) is 10.6. The van der Waals surface area contributed by atoms with Crippen LogP contribution in [0.4, 0.5) is 11.4 Å². The third-order valence-electron chi connectivity index (χ3n) is 2.16. The molecule has 0 saturated carbocycles. The van der Waals surface area contributed by atoms with Crippen molar-refractivity contribution in [2.75, 3.05) is 11.5 Å². The second-order valence-electron chi connectivity index (χ2n) is 3.53. The minimum absolute atomic E-state index is 0.280. The Labute approximate surface area is 132 Å². The van der Waals surface area contributed by atoms with Crippen LogP contribution < -0.4 is 18.7 Å². The molecule has 2 rings (SSSR count). The molecule has 0 atom stereocenters. The van der Waals surface area contributed by atoms with Gasteiger partial charge in [-0.05, 0) is 0 Å². The van der Waals surface area contributed by atoms with E-state index in [0.717, 1.165) is 11.4 Å². The quantitative estimate of drug-likeness (QED) is 0.487. The Hall–Kier alpha value is 0.199. The van der Waals surface area contributed by atoms with Gasteiger partial charge in [0.15, 0.2) is 0 Å². The SMILES string of the molecule is Nc1cc(Cl)ccc1[Te][Te]c1ccc(Cl)cc1N. The fourth-order valence-corrected chi connectivity index (χ4v) is 13.0. The molecule has 0 spiro atoms. The first-order chi connectivity index (χ1) is 8.56. The fourth-order valence-electron chi connectivity index (χ4n) is 1.28. The van der Waals surface area contributed by atoms with Crippen molar-refractivity contribution in [2.24, 2.45) is 0 Å². The third kappa shape index (κ3) is 3.84. The molecule has 0 fully saturated rings. The van der Waals surface area contributed by atoms with E-state index in [2.05, 4.69) is 0 Å². The Morgan fingerprint density at radius 2 is 1.11 bits per heavy atom. The summed E-state index contributed by atoms with van der Waals surface area (Å²) in [6, 6.07) is 11.5. The zero-order valence-corrected chi connectivity index (χ0v) is 15.4. The van der Waals surface area contributed by atoms with E-state index < -0.39 is 0 Å². The van der Waals surface area contributed by atoms with Gasteiger partial charge in [-0.2, -0.15) is 0 Å². The molecule has 2 aromatic carbocycles. The number of halogens is 2. The van der Waals surface area contributed by atoms with E-state index in [4.69, 9.17) is 34.7 Å². The molecular formula is C12H10Cl2N2Te2. The predicted octanol–water partition coefficient (Wildman–Crippen LogP) is 1.43. The first-order valence-corrected chi connectivity index (χ1v) is 15.4. The van der Waals surface area contributed by atoms with E-state index in [0.29, 0.717) is 10.0 Å². The average Bonchev–Trinajstić information content (AvgIpc) is 2.30. The maximum absolute atomic E-state index is 5.96. The molecule has 6 heteroatoms. The van der Waals surface area contributed by atoms with Gasteiger partial charge in [0.05, 0.1) is 0 Å². The second kappa shape index (κ2) is 6.58. The van der Waals surface area contributed by atoms with Crippen LogP contribution in [0.3, 0.4) is 0 Å². The molecule has 0 aromatic heterocycles. The molecule has 2 aromatic rings. The van der Waals surface area contributed by atoms with Gasteiger partial charge in [0.2, 0.25) is 0 Å². The van der Waals surface area contributed by atoms with Crippen LogP contribution in [0.2, 0.25) is 10.0 Å². The monoisotopic (exact) mass is 512 g/mol. The Morgan fingerprint density at radius 3 is 1.44 bits per heavy atom. The molecule has 0 aliphatic rings. The van der Waals surface area contributed by atoms with Gasteiger partial charge in [0, 0.05) is 0 Å². The molecular weight excluding hydrogens is 498 g/mol. The first-order valence-electron chi connectivity index (χ1n) is 5.01. The Balaban J connectivity index is 2.11. The molecule has 94 valence electrons. The summed E-state index contributed by atoms with van der Waals surface area (Å²) in [5.74, 6) is 0. The number of rotatable bonds is 3. The van der Waals surface area contributed by atoms with Crippen molar-refractivity contribution < 1.29 is 0 Å². The van der Waals surface area contributed by atoms with Crippen molar-refractivity contribution in [1.29, 1.82) is 0 Å². The molecule has 18 heavy (non-hydrogen) atoms. The predicted molar refractivity (Wildman–Crippen MR) is 82.5 cm³/mol. The van der Waals surface area contributed by atoms with Crippen LogP contribution in [-0.2, 0) is 0 Å². The van der Waals surface area contributed by atoms with E-state index >= 15 is 0 Å². The van der Waals surface area contributed by atoms with Crippen LogP contribution in [0.25, 0.3) is 0 Å². The molecule has 0 saturated heterocycles. The van der Waals surface area contributed by atoms with Crippen LogP contribution in [0, 0.1) is 0 Å². The number of hydrogen-bond donors (Lipinski definition) is 2. The standard InChI is InChI=1S/C12H10Cl2N2Te2/c13-7-1-3-11(9(15)5-7)17-18-12-4-2-8(14)6-10(12)16/h1-6H,15-16H2. The third-order valence-corrected chi connectivity index (χ3v) is 14.5. The number of nitrogens with two attached hydrogens (primary N) is 2. The van der Waals surface area contributed by atoms with Gasteiger partial charge in [0.25, 0.3) is 0 Å². The van der Waals surface area contributed by atoms with Crippen molar-refractivity contribution >= 4 is 75.9 Å². The summed E-state index contributed by atoms with van der Waals surface area (Å²) in [5, 5.41) is 1.38. The topological polar surface area (TPSA) is 52.0 Å². The van der Waals surface area contributed by atoms with Crippen LogP contribution >= 0.6 is 23.2 Å². The molecule has 0 radical (unpaired) electrons. The molecule has 0 unspecified atom stereocenters. The summed E-state index contributed by atoms with van der Waals surface area (Å²) in [5.41, 5.74) is 13.5. The van der Waals surface area contributed by atoms with Crippen LogP contribution in [0.5, 0.6) is 0 Å². The minimum atomic E-state index is -0.280. The van der Waals surface area contributed by atoms with Crippen molar-refractivity contribution in [2.45, 2.75) is 0 Å². The van der Waals surface area contributed by atoms with Gasteiger partial charge in [-0.25, -0.2) is 0 Å². The van der Waals surface area contributed by atoms with Gasteiger partial charge in [-0.15, -0.1) is 0 Å². The zero-order valence-electron chi connectivity index (χ0n) is 9.19. The molecule has 2 nitrogen and oxygen atoms in total. The molecule has 4 N–H and O–H groups in total. The molecule has 0 aliphatic carbocycles. The van der Waals surface area contributed by atoms with Crippen LogP contribution in [0.15, 0.2) is 36.4 Å². The number of anilines is 2. The van der Waals surface area contributed by atoms with Gasteiger partial charge in [0.1, 0.15) is 0 Å². The van der Waals surface area contributed by atoms with E-state index in [9.17, 15) is 0 Å². The van der Waals surface area contributed by atoms with Gasteiger partial charge >= 0.3 is 134 Å². The summed E-state index contributed by atoms with van der Waals surface area (Å²) in [7, 11) is 0. The van der Waals surface area contributed by atoms with E-state index in [1.807, 2.05) is 36.4 Å². The van der Waals surface area contributed by atoms with Crippen LogP contribution in [-0.4, -0.2) is 34.1 Å². The molecule has 0 bridgehead atoms. The second-order valence-corrected chi connectivity index (χ2v) is 14.2. The number of hydrogen-bond acceptors (Lipinski definition) is 2. The summed E-state index contributed by atoms with van der Waals surface area (Å²) in [4.78, 5) is 0. The number of benzene rings is 2. The summed E-state index contributed by atoms with van der Waals surface area (Å²) in [6.45, 7) is 0. The van der Waals surface area contributed by atoms with Crippen molar-refractivity contribution in [3.63, 3.8) is 0 Å². The van der Waals surface area contributed by atoms with Gasteiger partial charge in [-0.1, -0.05) is 0 Å². The van der Waals surface area contributed by atoms with Crippen molar-refractivity contribution in [3.8, 4) is 0 Å². The van der Waals surface area contributed by atoms with E-state index in [-0.39, 0.29) is 34.1 Å². The molecule has 0 aliphatic heterocycles. The summed E-state index contributed by atoms with van der Waals surface area (Å²) in [6.07, 6.45) is 0. The number of nitrogen functional groups attached to an aromatic ring is 2. The summed E-state index contributed by atoms with van der Waals surface area (Å²) >= 11 is 11.2. The van der Waals surface area contributed by atoms with Crippen LogP contribution in [0.1, 0.15) is 0 Å². The Bertz CT molecular complexity index is 524. The summed E-state index contributed by atoms with van der Waals surface area (Å²) < 4.78 is 2.53. The van der Waals surface area contributed by atoms with Crippen molar-refractivity contribution in [1.82, 2.24) is 0 Å². The van der Waals surface area contributed by atoms with E-state index in [1.54, 1.807) is 0 Å². The van der Waals surface area contributed by atoms with Crippen molar-refractivity contribution in [3.05, 3.63) is 46.4 Å². The molecule has 0 heterocycles. The van der Waals surface area contributed by atoms with E-state index in [1.165, 1.54) is 7.22 Å². The molecule has 0 amide bonds. The first kappa shape index (κ1) is 14.6. The fraction of sp³-hybridized carbons (Fsp3) is 0. The maximum atomic E-state index is 5.96. The van der Waals surface area contributed by atoms with Gasteiger partial charge in [-0.3, -0.25) is 0 Å². The average molecular weight is 508 g/mol. The van der Waals surface area contributed by atoms with Gasteiger partial charge < -0.3 is 0 Å². The Morgan fingerprint density at radius 1 is 0.722 bits per heavy atom. The Kier molecular flexibility index (Phi) is 5.34. The zero-order chi connectivity index (χ0) is 13.1.